The first-order chi connectivity index (χ1) is 14.1. The summed E-state index contributed by atoms with van der Waals surface area (Å²) in [7, 11) is 0. The molecule has 2 amide bonds. The van der Waals surface area contributed by atoms with Gasteiger partial charge in [-0.2, -0.15) is 0 Å². The summed E-state index contributed by atoms with van der Waals surface area (Å²) in [6.45, 7) is 0.399. The summed E-state index contributed by atoms with van der Waals surface area (Å²) in [6.07, 6.45) is 5.82. The minimum Gasteiger partial charge on any atom is -0.351 e. The molecule has 2 aliphatic rings. The van der Waals surface area contributed by atoms with E-state index in [9.17, 15) is 14.0 Å². The molecule has 6 heteroatoms. The topological polar surface area (TPSA) is 70.2 Å². The van der Waals surface area contributed by atoms with Crippen molar-refractivity contribution in [1.29, 1.82) is 0 Å². The second kappa shape index (κ2) is 8.74. The number of hydrogen-bond acceptors (Lipinski definition) is 3. The zero-order valence-corrected chi connectivity index (χ0v) is 16.3. The average molecular weight is 395 g/mol. The third kappa shape index (κ3) is 4.82. The molecule has 2 aromatic rings. The van der Waals surface area contributed by atoms with Crippen molar-refractivity contribution in [3.63, 3.8) is 0 Å². The highest BCUT2D eigenvalue weighted by atomic mass is 19.1. The molecular weight excluding hydrogens is 369 g/mol. The molecule has 3 unspecified atom stereocenters. The summed E-state index contributed by atoms with van der Waals surface area (Å²) in [5, 5.41) is 9.27. The lowest BCUT2D eigenvalue weighted by Crippen LogP contribution is -2.42. The van der Waals surface area contributed by atoms with Gasteiger partial charge in [0, 0.05) is 23.8 Å². The molecule has 4 rings (SSSR count). The van der Waals surface area contributed by atoms with Gasteiger partial charge < -0.3 is 16.0 Å². The third-order valence-corrected chi connectivity index (χ3v) is 5.92. The molecule has 1 heterocycles. The van der Waals surface area contributed by atoms with E-state index in [2.05, 4.69) is 16.0 Å². The lowest BCUT2D eigenvalue weighted by molar-refractivity contribution is -0.123. The number of carbonyl (C=O) groups excluding carboxylic acids is 2. The van der Waals surface area contributed by atoms with Crippen LogP contribution < -0.4 is 16.0 Å². The van der Waals surface area contributed by atoms with Crippen LogP contribution in [0.15, 0.2) is 48.5 Å². The fourth-order valence-corrected chi connectivity index (χ4v) is 4.43. The molecule has 0 spiro atoms. The Kier molecular flexibility index (Phi) is 5.90. The molecule has 0 radical (unpaired) electrons. The number of carbonyl (C=O) groups is 2. The standard InChI is InChI=1S/C23H26FN3O2/c24-18-8-4-7-17(12-18)22(28)26-19-9-3-5-15(11-19)14-25-23(29)21-13-16-6-1-2-10-20(16)27-21/h3-5,7-9,11-12,16,20-21,27H,1-2,6,10,13-14H2,(H,25,29)(H,26,28). The number of amides is 2. The molecule has 1 saturated heterocycles. The molecule has 1 saturated carbocycles. The van der Waals surface area contributed by atoms with Crippen molar-refractivity contribution in [2.24, 2.45) is 5.92 Å². The molecule has 5 nitrogen and oxygen atoms in total. The number of anilines is 1. The smallest absolute Gasteiger partial charge is 0.255 e. The lowest BCUT2D eigenvalue weighted by atomic mass is 9.85. The number of fused-ring (bicyclic) bond motifs is 1. The van der Waals surface area contributed by atoms with Gasteiger partial charge in [-0.3, -0.25) is 9.59 Å². The average Bonchev–Trinajstić information content (AvgIpc) is 3.17. The van der Waals surface area contributed by atoms with E-state index >= 15 is 0 Å². The summed E-state index contributed by atoms with van der Waals surface area (Å²) in [5.41, 5.74) is 1.76. The van der Waals surface area contributed by atoms with Crippen LogP contribution in [0.4, 0.5) is 10.1 Å². The Labute approximate surface area is 170 Å². The summed E-state index contributed by atoms with van der Waals surface area (Å²) in [6, 6.07) is 13.3. The van der Waals surface area contributed by atoms with Gasteiger partial charge in [-0.05, 0) is 61.1 Å². The van der Waals surface area contributed by atoms with Gasteiger partial charge in [0.25, 0.3) is 5.91 Å². The maximum atomic E-state index is 13.3. The highest BCUT2D eigenvalue weighted by Gasteiger charge is 2.37. The Bertz CT molecular complexity index is 887. The molecule has 1 aliphatic carbocycles. The summed E-state index contributed by atoms with van der Waals surface area (Å²) in [5.74, 6) is -0.160. The van der Waals surface area contributed by atoms with Gasteiger partial charge in [0.2, 0.25) is 5.91 Å². The SMILES string of the molecule is O=C(Nc1cccc(CNC(=O)C2CC3CCCCC3N2)c1)c1cccc(F)c1. The number of benzene rings is 2. The van der Waals surface area contributed by atoms with E-state index in [1.807, 2.05) is 18.2 Å². The maximum Gasteiger partial charge on any atom is 0.255 e. The fourth-order valence-electron chi connectivity index (χ4n) is 4.43. The first kappa shape index (κ1) is 19.6. The van der Waals surface area contributed by atoms with Crippen LogP contribution in [0.3, 0.4) is 0 Å². The van der Waals surface area contributed by atoms with Crippen LogP contribution in [0.25, 0.3) is 0 Å². The van der Waals surface area contributed by atoms with Crippen molar-refractivity contribution in [2.75, 3.05) is 5.32 Å². The molecule has 3 atom stereocenters. The fraction of sp³-hybridized carbons (Fsp3) is 0.391. The van der Waals surface area contributed by atoms with Crippen LogP contribution >= 0.6 is 0 Å². The van der Waals surface area contributed by atoms with Crippen LogP contribution in [0, 0.1) is 11.7 Å². The van der Waals surface area contributed by atoms with E-state index in [-0.39, 0.29) is 23.4 Å². The van der Waals surface area contributed by atoms with Crippen LogP contribution in [0.5, 0.6) is 0 Å². The molecule has 1 aliphatic heterocycles. The Morgan fingerprint density at radius 3 is 2.72 bits per heavy atom. The Morgan fingerprint density at radius 1 is 1.07 bits per heavy atom. The lowest BCUT2D eigenvalue weighted by Gasteiger charge is -2.24. The quantitative estimate of drug-likeness (QED) is 0.724. The second-order valence-corrected chi connectivity index (χ2v) is 7.99. The molecule has 3 N–H and O–H groups in total. The van der Waals surface area contributed by atoms with Gasteiger partial charge in [-0.1, -0.05) is 31.0 Å². The second-order valence-electron chi connectivity index (χ2n) is 7.99. The first-order valence-electron chi connectivity index (χ1n) is 10.3. The van der Waals surface area contributed by atoms with E-state index in [1.165, 1.54) is 43.9 Å². The zero-order chi connectivity index (χ0) is 20.2. The number of halogens is 1. The summed E-state index contributed by atoms with van der Waals surface area (Å²) >= 11 is 0. The van der Waals surface area contributed by atoms with Gasteiger partial charge in [-0.25, -0.2) is 4.39 Å². The van der Waals surface area contributed by atoms with Crippen molar-refractivity contribution in [1.82, 2.24) is 10.6 Å². The van der Waals surface area contributed by atoms with E-state index < -0.39 is 5.82 Å². The van der Waals surface area contributed by atoms with Crippen LogP contribution in [0.1, 0.15) is 48.0 Å². The van der Waals surface area contributed by atoms with Crippen molar-refractivity contribution in [3.05, 3.63) is 65.5 Å². The van der Waals surface area contributed by atoms with Crippen molar-refractivity contribution in [3.8, 4) is 0 Å². The van der Waals surface area contributed by atoms with Gasteiger partial charge in [-0.15, -0.1) is 0 Å². The van der Waals surface area contributed by atoms with Crippen LogP contribution in [-0.2, 0) is 11.3 Å². The monoisotopic (exact) mass is 395 g/mol. The predicted molar refractivity (Wildman–Crippen MR) is 110 cm³/mol. The zero-order valence-electron chi connectivity index (χ0n) is 16.3. The van der Waals surface area contributed by atoms with Crippen molar-refractivity contribution < 1.29 is 14.0 Å². The predicted octanol–water partition coefficient (Wildman–Crippen LogP) is 3.61. The number of hydrogen-bond donors (Lipinski definition) is 3. The Hall–Kier alpha value is -2.73. The third-order valence-electron chi connectivity index (χ3n) is 5.92. The maximum absolute atomic E-state index is 13.3. The number of rotatable bonds is 5. The Balaban J connectivity index is 1.32. The van der Waals surface area contributed by atoms with E-state index in [1.54, 1.807) is 12.1 Å². The van der Waals surface area contributed by atoms with E-state index in [0.29, 0.717) is 24.2 Å². The normalized spacial score (nSPS) is 23.3. The number of nitrogens with one attached hydrogen (secondary N) is 3. The highest BCUT2D eigenvalue weighted by Crippen LogP contribution is 2.33. The molecule has 2 aromatic carbocycles. The molecule has 29 heavy (non-hydrogen) atoms. The van der Waals surface area contributed by atoms with Gasteiger partial charge in [0.15, 0.2) is 0 Å². The molecule has 2 fully saturated rings. The summed E-state index contributed by atoms with van der Waals surface area (Å²) in [4.78, 5) is 24.8. The highest BCUT2D eigenvalue weighted by molar-refractivity contribution is 6.04. The molecule has 0 aromatic heterocycles. The Morgan fingerprint density at radius 2 is 1.90 bits per heavy atom. The van der Waals surface area contributed by atoms with Crippen LogP contribution in [0.2, 0.25) is 0 Å². The molecular formula is C23H26FN3O2. The van der Waals surface area contributed by atoms with E-state index in [4.69, 9.17) is 0 Å². The van der Waals surface area contributed by atoms with Crippen molar-refractivity contribution >= 4 is 17.5 Å². The summed E-state index contributed by atoms with van der Waals surface area (Å²) < 4.78 is 13.3. The largest absolute Gasteiger partial charge is 0.351 e. The van der Waals surface area contributed by atoms with Gasteiger partial charge in [0.05, 0.1) is 6.04 Å². The van der Waals surface area contributed by atoms with E-state index in [0.717, 1.165) is 12.0 Å². The minimum absolute atomic E-state index is 0.0357. The first-order valence-corrected chi connectivity index (χ1v) is 10.3. The minimum atomic E-state index is -0.450. The van der Waals surface area contributed by atoms with Crippen LogP contribution in [-0.4, -0.2) is 23.9 Å². The molecule has 0 bridgehead atoms. The van der Waals surface area contributed by atoms with Gasteiger partial charge in [0.1, 0.15) is 5.82 Å². The van der Waals surface area contributed by atoms with Crippen molar-refractivity contribution in [2.45, 2.75) is 50.7 Å². The van der Waals surface area contributed by atoms with Gasteiger partial charge >= 0.3 is 0 Å². The molecule has 152 valence electrons.